The molecule has 0 aliphatic carbocycles. The number of aromatic nitrogens is 1. The Balaban J connectivity index is 1.81. The summed E-state index contributed by atoms with van der Waals surface area (Å²) in [7, 11) is 2.02. The van der Waals surface area contributed by atoms with E-state index in [-0.39, 0.29) is 0 Å². The van der Waals surface area contributed by atoms with Gasteiger partial charge in [-0.15, -0.1) is 0 Å². The van der Waals surface area contributed by atoms with E-state index in [1.54, 1.807) is 0 Å². The highest BCUT2D eigenvalue weighted by atomic mass is 16.5. The van der Waals surface area contributed by atoms with E-state index >= 15 is 0 Å². The number of rotatable bonds is 4. The molecule has 0 amide bonds. The van der Waals surface area contributed by atoms with Crippen molar-refractivity contribution >= 4 is 10.9 Å². The molecule has 1 aromatic carbocycles. The molecule has 2 heterocycles. The average molecular weight is 259 g/mol. The van der Waals surface area contributed by atoms with Crippen LogP contribution in [0.2, 0.25) is 0 Å². The topological polar surface area (TPSA) is 49.1 Å². The number of fused-ring (bicyclic) bond motifs is 1. The third-order valence-electron chi connectivity index (χ3n) is 3.85. The van der Waals surface area contributed by atoms with Crippen molar-refractivity contribution in [3.63, 3.8) is 0 Å². The van der Waals surface area contributed by atoms with Gasteiger partial charge in [0.25, 0.3) is 0 Å². The molecule has 1 saturated heterocycles. The van der Waals surface area contributed by atoms with Gasteiger partial charge in [-0.3, -0.25) is 0 Å². The lowest BCUT2D eigenvalue weighted by molar-refractivity contribution is 0.0177. The summed E-state index contributed by atoms with van der Waals surface area (Å²) in [6.45, 7) is 2.73. The Morgan fingerprint density at radius 1 is 1.42 bits per heavy atom. The summed E-state index contributed by atoms with van der Waals surface area (Å²) in [6, 6.07) is 8.76. The molecule has 1 aliphatic rings. The zero-order valence-corrected chi connectivity index (χ0v) is 11.3. The number of nitrogens with one attached hydrogen (secondary N) is 3. The van der Waals surface area contributed by atoms with E-state index < -0.39 is 0 Å². The molecule has 0 saturated carbocycles. The third kappa shape index (κ3) is 2.66. The Hall–Kier alpha value is -1.36. The van der Waals surface area contributed by atoms with Crippen molar-refractivity contribution in [3.8, 4) is 0 Å². The average Bonchev–Trinajstić information content (AvgIpc) is 2.90. The summed E-state index contributed by atoms with van der Waals surface area (Å²) < 4.78 is 5.81. The van der Waals surface area contributed by atoms with Crippen LogP contribution in [-0.2, 0) is 4.74 Å². The van der Waals surface area contributed by atoms with Gasteiger partial charge in [-0.05, 0) is 25.1 Å². The maximum absolute atomic E-state index is 5.81. The fraction of sp³-hybridized carbons (Fsp3) is 0.467. The number of aromatic amines is 1. The normalized spacial score (nSPS) is 21.6. The first-order valence-electron chi connectivity index (χ1n) is 6.94. The molecule has 4 nitrogen and oxygen atoms in total. The first kappa shape index (κ1) is 12.7. The fourth-order valence-electron chi connectivity index (χ4n) is 2.82. The van der Waals surface area contributed by atoms with Gasteiger partial charge in [0.05, 0.1) is 12.7 Å². The summed E-state index contributed by atoms with van der Waals surface area (Å²) >= 11 is 0. The zero-order chi connectivity index (χ0) is 13.1. The number of para-hydroxylation sites is 1. The van der Waals surface area contributed by atoms with Gasteiger partial charge in [-0.25, -0.2) is 0 Å². The van der Waals surface area contributed by atoms with E-state index in [1.165, 1.54) is 16.5 Å². The highest BCUT2D eigenvalue weighted by Crippen LogP contribution is 2.27. The zero-order valence-electron chi connectivity index (χ0n) is 11.3. The highest BCUT2D eigenvalue weighted by molar-refractivity contribution is 5.83. The number of ether oxygens (including phenoxy) is 1. The van der Waals surface area contributed by atoms with Crippen molar-refractivity contribution in [1.29, 1.82) is 0 Å². The number of benzene rings is 1. The molecule has 19 heavy (non-hydrogen) atoms. The standard InChI is InChI=1S/C15H21N3O/c1-16-15(8-11-9-17-6-7-19-11)13-10-18-14-5-3-2-4-12(13)14/h2-5,10-11,15-18H,6-9H2,1H3. The lowest BCUT2D eigenvalue weighted by Gasteiger charge is -2.27. The molecule has 3 rings (SSSR count). The van der Waals surface area contributed by atoms with E-state index in [0.717, 1.165) is 26.1 Å². The quantitative estimate of drug-likeness (QED) is 0.785. The maximum atomic E-state index is 5.81. The molecule has 2 aromatic rings. The molecular formula is C15H21N3O. The predicted octanol–water partition coefficient (Wildman–Crippen LogP) is 1.81. The lowest BCUT2D eigenvalue weighted by atomic mass is 9.99. The summed E-state index contributed by atoms with van der Waals surface area (Å²) in [6.07, 6.45) is 3.40. The van der Waals surface area contributed by atoms with Crippen LogP contribution in [0.1, 0.15) is 18.0 Å². The molecule has 4 heteroatoms. The van der Waals surface area contributed by atoms with Gasteiger partial charge in [0.1, 0.15) is 0 Å². The van der Waals surface area contributed by atoms with Gasteiger partial charge in [0.15, 0.2) is 0 Å². The largest absolute Gasteiger partial charge is 0.376 e. The first-order valence-corrected chi connectivity index (χ1v) is 6.94. The molecule has 3 N–H and O–H groups in total. The summed E-state index contributed by atoms with van der Waals surface area (Å²) in [5, 5.41) is 8.10. The Morgan fingerprint density at radius 2 is 2.32 bits per heavy atom. The summed E-state index contributed by atoms with van der Waals surface area (Å²) in [5.74, 6) is 0. The van der Waals surface area contributed by atoms with Crippen molar-refractivity contribution in [3.05, 3.63) is 36.0 Å². The Kier molecular flexibility index (Phi) is 3.82. The molecule has 0 spiro atoms. The van der Waals surface area contributed by atoms with Crippen molar-refractivity contribution in [2.45, 2.75) is 18.6 Å². The van der Waals surface area contributed by atoms with Gasteiger partial charge in [-0.1, -0.05) is 18.2 Å². The van der Waals surface area contributed by atoms with E-state index in [4.69, 9.17) is 4.74 Å². The van der Waals surface area contributed by atoms with Gasteiger partial charge >= 0.3 is 0 Å². The van der Waals surface area contributed by atoms with Crippen LogP contribution < -0.4 is 10.6 Å². The minimum absolute atomic E-state index is 0.292. The smallest absolute Gasteiger partial charge is 0.0718 e. The van der Waals surface area contributed by atoms with Crippen LogP contribution in [0, 0.1) is 0 Å². The van der Waals surface area contributed by atoms with Crippen LogP contribution in [0.4, 0.5) is 0 Å². The van der Waals surface area contributed by atoms with E-state index in [1.807, 2.05) is 7.05 Å². The number of H-pyrrole nitrogens is 1. The van der Waals surface area contributed by atoms with Crippen LogP contribution in [-0.4, -0.2) is 37.8 Å². The summed E-state index contributed by atoms with van der Waals surface area (Å²) in [4.78, 5) is 3.34. The van der Waals surface area contributed by atoms with Gasteiger partial charge in [0.2, 0.25) is 0 Å². The third-order valence-corrected chi connectivity index (χ3v) is 3.85. The monoisotopic (exact) mass is 259 g/mol. The predicted molar refractivity (Wildman–Crippen MR) is 77.3 cm³/mol. The number of hydrogen-bond donors (Lipinski definition) is 3. The van der Waals surface area contributed by atoms with E-state index in [2.05, 4.69) is 46.1 Å². The van der Waals surface area contributed by atoms with Gasteiger partial charge in [0, 0.05) is 36.2 Å². The SMILES string of the molecule is CNC(CC1CNCCO1)c1c[nH]c2ccccc12. The molecule has 102 valence electrons. The second kappa shape index (κ2) is 5.74. The van der Waals surface area contributed by atoms with Crippen LogP contribution in [0.15, 0.2) is 30.5 Å². The summed E-state index contributed by atoms with van der Waals surface area (Å²) in [5.41, 5.74) is 2.52. The van der Waals surface area contributed by atoms with Crippen LogP contribution >= 0.6 is 0 Å². The Labute approximate surface area is 113 Å². The second-order valence-corrected chi connectivity index (χ2v) is 5.06. The maximum Gasteiger partial charge on any atom is 0.0718 e. The molecule has 1 aliphatic heterocycles. The molecule has 2 unspecified atom stereocenters. The molecular weight excluding hydrogens is 238 g/mol. The number of morpholine rings is 1. The number of hydrogen-bond acceptors (Lipinski definition) is 3. The lowest BCUT2D eigenvalue weighted by Crippen LogP contribution is -2.40. The highest BCUT2D eigenvalue weighted by Gasteiger charge is 2.21. The van der Waals surface area contributed by atoms with Crippen molar-refractivity contribution < 1.29 is 4.74 Å². The van der Waals surface area contributed by atoms with E-state index in [0.29, 0.717) is 12.1 Å². The first-order chi connectivity index (χ1) is 9.38. The van der Waals surface area contributed by atoms with Gasteiger partial charge < -0.3 is 20.4 Å². The van der Waals surface area contributed by atoms with Gasteiger partial charge in [-0.2, -0.15) is 0 Å². The Morgan fingerprint density at radius 3 is 3.11 bits per heavy atom. The van der Waals surface area contributed by atoms with Crippen molar-refractivity contribution in [2.75, 3.05) is 26.7 Å². The van der Waals surface area contributed by atoms with E-state index in [9.17, 15) is 0 Å². The second-order valence-electron chi connectivity index (χ2n) is 5.06. The Bertz CT molecular complexity index is 531. The minimum Gasteiger partial charge on any atom is -0.376 e. The molecule has 0 radical (unpaired) electrons. The molecule has 1 aromatic heterocycles. The molecule has 2 atom stereocenters. The molecule has 0 bridgehead atoms. The van der Waals surface area contributed by atoms with Crippen molar-refractivity contribution in [1.82, 2.24) is 15.6 Å². The van der Waals surface area contributed by atoms with Crippen LogP contribution in [0.25, 0.3) is 10.9 Å². The fourth-order valence-corrected chi connectivity index (χ4v) is 2.82. The van der Waals surface area contributed by atoms with Crippen molar-refractivity contribution in [2.24, 2.45) is 0 Å². The van der Waals surface area contributed by atoms with Crippen LogP contribution in [0.5, 0.6) is 0 Å². The molecule has 1 fully saturated rings. The minimum atomic E-state index is 0.292. The van der Waals surface area contributed by atoms with Crippen LogP contribution in [0.3, 0.4) is 0 Å².